The van der Waals surface area contributed by atoms with Crippen molar-refractivity contribution in [2.45, 2.75) is 20.4 Å². The molecule has 5 heteroatoms. The van der Waals surface area contributed by atoms with E-state index in [9.17, 15) is 4.79 Å². The Hall–Kier alpha value is -2.27. The Kier molecular flexibility index (Phi) is 4.10. The predicted molar refractivity (Wildman–Crippen MR) is 78.6 cm³/mol. The van der Waals surface area contributed by atoms with Gasteiger partial charge in [0.2, 0.25) is 0 Å². The molecule has 104 valence electrons. The van der Waals surface area contributed by atoms with Crippen LogP contribution in [-0.4, -0.2) is 23.2 Å². The summed E-state index contributed by atoms with van der Waals surface area (Å²) < 4.78 is 0. The van der Waals surface area contributed by atoms with Gasteiger partial charge in [-0.1, -0.05) is 12.1 Å². The lowest BCUT2D eigenvalue weighted by molar-refractivity contribution is 0.0991. The van der Waals surface area contributed by atoms with E-state index in [4.69, 9.17) is 5.73 Å². The predicted octanol–water partition coefficient (Wildman–Crippen LogP) is 1.83. The average Bonchev–Trinajstić information content (AvgIpc) is 2.48. The fraction of sp³-hybridized carbons (Fsp3) is 0.267. The Morgan fingerprint density at radius 2 is 1.85 bits per heavy atom. The van der Waals surface area contributed by atoms with Gasteiger partial charge in [-0.2, -0.15) is 10.2 Å². The molecule has 20 heavy (non-hydrogen) atoms. The third-order valence-electron chi connectivity index (χ3n) is 3.20. The first-order chi connectivity index (χ1) is 9.52. The topological polar surface area (TPSA) is 72.1 Å². The molecular formula is C15H18N4O. The summed E-state index contributed by atoms with van der Waals surface area (Å²) in [6, 6.07) is 9.37. The lowest BCUT2D eigenvalue weighted by atomic mass is 10.1. The minimum absolute atomic E-state index is 0.0963. The second kappa shape index (κ2) is 5.79. The van der Waals surface area contributed by atoms with Crippen LogP contribution in [0.1, 0.15) is 27.3 Å². The van der Waals surface area contributed by atoms with Crippen molar-refractivity contribution >= 4 is 11.6 Å². The van der Waals surface area contributed by atoms with Gasteiger partial charge >= 0.3 is 0 Å². The summed E-state index contributed by atoms with van der Waals surface area (Å²) in [5.74, 6) is -0.0963. The molecule has 0 fully saturated rings. The minimum Gasteiger partial charge on any atom is -0.326 e. The SMILES string of the molecule is Cc1cc(C(=O)N(C)c2ccc(CN)cc2)c(C)nn1. The van der Waals surface area contributed by atoms with Gasteiger partial charge in [-0.05, 0) is 37.6 Å². The molecule has 0 aliphatic heterocycles. The highest BCUT2D eigenvalue weighted by Crippen LogP contribution is 2.17. The van der Waals surface area contributed by atoms with Crippen molar-refractivity contribution in [3.8, 4) is 0 Å². The zero-order valence-electron chi connectivity index (χ0n) is 11.9. The molecule has 1 amide bonds. The molecular weight excluding hydrogens is 252 g/mol. The van der Waals surface area contributed by atoms with Gasteiger partial charge in [0.25, 0.3) is 5.91 Å². The first kappa shape index (κ1) is 14.1. The molecule has 1 heterocycles. The zero-order chi connectivity index (χ0) is 14.7. The number of carbonyl (C=O) groups excluding carboxylic acids is 1. The third kappa shape index (κ3) is 2.83. The Balaban J connectivity index is 2.29. The van der Waals surface area contributed by atoms with Crippen molar-refractivity contribution in [2.24, 2.45) is 5.73 Å². The van der Waals surface area contributed by atoms with Gasteiger partial charge in [0, 0.05) is 19.3 Å². The molecule has 2 rings (SSSR count). The average molecular weight is 270 g/mol. The van der Waals surface area contributed by atoms with Gasteiger partial charge in [0.15, 0.2) is 0 Å². The Labute approximate surface area is 118 Å². The van der Waals surface area contributed by atoms with E-state index in [1.165, 1.54) is 0 Å². The van der Waals surface area contributed by atoms with E-state index in [0.717, 1.165) is 16.9 Å². The first-order valence-electron chi connectivity index (χ1n) is 6.41. The molecule has 0 radical (unpaired) electrons. The maximum atomic E-state index is 12.5. The molecule has 2 N–H and O–H groups in total. The number of nitrogens with zero attached hydrogens (tertiary/aromatic N) is 3. The normalized spacial score (nSPS) is 10.4. The van der Waals surface area contributed by atoms with Crippen LogP contribution in [0.2, 0.25) is 0 Å². The van der Waals surface area contributed by atoms with E-state index in [0.29, 0.717) is 17.8 Å². The van der Waals surface area contributed by atoms with Crippen LogP contribution < -0.4 is 10.6 Å². The number of nitrogens with two attached hydrogens (primary N) is 1. The summed E-state index contributed by atoms with van der Waals surface area (Å²) >= 11 is 0. The molecule has 0 bridgehead atoms. The molecule has 0 spiro atoms. The summed E-state index contributed by atoms with van der Waals surface area (Å²) in [5.41, 5.74) is 9.35. The minimum atomic E-state index is -0.0963. The second-order valence-corrected chi connectivity index (χ2v) is 4.72. The van der Waals surface area contributed by atoms with Crippen molar-refractivity contribution in [1.29, 1.82) is 0 Å². The van der Waals surface area contributed by atoms with Crippen LogP contribution >= 0.6 is 0 Å². The first-order valence-corrected chi connectivity index (χ1v) is 6.41. The Morgan fingerprint density at radius 3 is 2.45 bits per heavy atom. The van der Waals surface area contributed by atoms with Crippen molar-refractivity contribution in [3.05, 3.63) is 52.8 Å². The van der Waals surface area contributed by atoms with Gasteiger partial charge in [0.05, 0.1) is 17.0 Å². The van der Waals surface area contributed by atoms with Gasteiger partial charge in [0.1, 0.15) is 0 Å². The van der Waals surface area contributed by atoms with Crippen LogP contribution in [0.25, 0.3) is 0 Å². The monoisotopic (exact) mass is 270 g/mol. The van der Waals surface area contributed by atoms with Crippen LogP contribution in [0.4, 0.5) is 5.69 Å². The smallest absolute Gasteiger partial charge is 0.259 e. The quantitative estimate of drug-likeness (QED) is 0.923. The van der Waals surface area contributed by atoms with E-state index < -0.39 is 0 Å². The van der Waals surface area contributed by atoms with Crippen molar-refractivity contribution in [2.75, 3.05) is 11.9 Å². The number of hydrogen-bond donors (Lipinski definition) is 1. The maximum absolute atomic E-state index is 12.5. The van der Waals surface area contributed by atoms with Crippen molar-refractivity contribution in [1.82, 2.24) is 10.2 Å². The number of rotatable bonds is 3. The number of amides is 1. The molecule has 0 unspecified atom stereocenters. The van der Waals surface area contributed by atoms with E-state index >= 15 is 0 Å². The number of anilines is 1. The van der Waals surface area contributed by atoms with E-state index in [-0.39, 0.29) is 5.91 Å². The fourth-order valence-corrected chi connectivity index (χ4v) is 1.92. The Bertz CT molecular complexity index is 622. The second-order valence-electron chi connectivity index (χ2n) is 4.72. The van der Waals surface area contributed by atoms with Gasteiger partial charge in [-0.15, -0.1) is 0 Å². The molecule has 0 saturated carbocycles. The molecule has 2 aromatic rings. The molecule has 1 aromatic carbocycles. The number of carbonyl (C=O) groups is 1. The fourth-order valence-electron chi connectivity index (χ4n) is 1.92. The number of aromatic nitrogens is 2. The van der Waals surface area contributed by atoms with Crippen molar-refractivity contribution < 1.29 is 4.79 Å². The Morgan fingerprint density at radius 1 is 1.20 bits per heavy atom. The zero-order valence-corrected chi connectivity index (χ0v) is 11.9. The number of hydrogen-bond acceptors (Lipinski definition) is 4. The molecule has 0 atom stereocenters. The highest BCUT2D eigenvalue weighted by atomic mass is 16.2. The van der Waals surface area contributed by atoms with Gasteiger partial charge < -0.3 is 10.6 Å². The van der Waals surface area contributed by atoms with Crippen LogP contribution in [0, 0.1) is 13.8 Å². The summed E-state index contributed by atoms with van der Waals surface area (Å²) in [7, 11) is 1.75. The molecule has 0 aliphatic rings. The number of aryl methyl sites for hydroxylation is 2. The van der Waals surface area contributed by atoms with E-state index in [1.807, 2.05) is 31.2 Å². The highest BCUT2D eigenvalue weighted by molar-refractivity contribution is 6.06. The third-order valence-corrected chi connectivity index (χ3v) is 3.20. The van der Waals surface area contributed by atoms with Gasteiger partial charge in [-0.3, -0.25) is 4.79 Å². The van der Waals surface area contributed by atoms with Crippen LogP contribution in [0.15, 0.2) is 30.3 Å². The molecule has 0 saturated heterocycles. The van der Waals surface area contributed by atoms with E-state index in [1.54, 1.807) is 24.9 Å². The molecule has 5 nitrogen and oxygen atoms in total. The summed E-state index contributed by atoms with van der Waals surface area (Å²) in [5, 5.41) is 7.93. The van der Waals surface area contributed by atoms with Crippen LogP contribution in [0.3, 0.4) is 0 Å². The highest BCUT2D eigenvalue weighted by Gasteiger charge is 2.17. The lowest BCUT2D eigenvalue weighted by Gasteiger charge is -2.18. The molecule has 0 aliphatic carbocycles. The van der Waals surface area contributed by atoms with E-state index in [2.05, 4.69) is 10.2 Å². The molecule has 1 aromatic heterocycles. The van der Waals surface area contributed by atoms with Gasteiger partial charge in [-0.25, -0.2) is 0 Å². The lowest BCUT2D eigenvalue weighted by Crippen LogP contribution is -2.27. The van der Waals surface area contributed by atoms with Crippen molar-refractivity contribution in [3.63, 3.8) is 0 Å². The van der Waals surface area contributed by atoms with Crippen LogP contribution in [-0.2, 0) is 6.54 Å². The summed E-state index contributed by atoms with van der Waals surface area (Å²) in [6.45, 7) is 4.09. The van der Waals surface area contributed by atoms with Crippen LogP contribution in [0.5, 0.6) is 0 Å². The number of benzene rings is 1. The standard InChI is InChI=1S/C15H18N4O/c1-10-8-14(11(2)18-17-10)15(20)19(3)13-6-4-12(9-16)5-7-13/h4-8H,9,16H2,1-3H3. The summed E-state index contributed by atoms with van der Waals surface area (Å²) in [6.07, 6.45) is 0. The largest absolute Gasteiger partial charge is 0.326 e. The maximum Gasteiger partial charge on any atom is 0.259 e. The summed E-state index contributed by atoms with van der Waals surface area (Å²) in [4.78, 5) is 14.1.